The van der Waals surface area contributed by atoms with E-state index >= 15 is 0 Å². The number of aliphatic hydroxyl groups excluding tert-OH is 1. The molecular formula is C20H18Cl2N2O3. The Morgan fingerprint density at radius 3 is 2.56 bits per heavy atom. The molecule has 4 rings (SSSR count). The van der Waals surface area contributed by atoms with Gasteiger partial charge >= 0.3 is 0 Å². The number of amides is 2. The number of benzene rings is 2. The smallest absolute Gasteiger partial charge is 0.263 e. The summed E-state index contributed by atoms with van der Waals surface area (Å²) < 4.78 is 0. The molecule has 1 saturated heterocycles. The molecule has 0 spiro atoms. The number of hydrogen-bond donors (Lipinski definition) is 1. The standard InChI is InChI=1S/C20H18Cl2N2O3/c1-23-9-14(13-6-11(21)7-16(22)15(13)10-23)12-4-2-3-5-17(12)24-19(26)8-18(25)20(24)27/h2-7,14,18,25H,8-10H2,1H3/t14-,18+/m0/s1. The number of hydrogen-bond acceptors (Lipinski definition) is 4. The van der Waals surface area contributed by atoms with Gasteiger partial charge in [-0.3, -0.25) is 9.59 Å². The van der Waals surface area contributed by atoms with Crippen molar-refractivity contribution in [2.45, 2.75) is 25.0 Å². The van der Waals surface area contributed by atoms with Gasteiger partial charge in [0.15, 0.2) is 0 Å². The highest BCUT2D eigenvalue weighted by Crippen LogP contribution is 2.42. The van der Waals surface area contributed by atoms with E-state index in [0.29, 0.717) is 28.8 Å². The molecule has 0 unspecified atom stereocenters. The average Bonchev–Trinajstić information content (AvgIpc) is 2.87. The third-order valence-corrected chi connectivity index (χ3v) is 5.72. The molecule has 2 heterocycles. The number of likely N-dealkylation sites (N-methyl/N-ethyl adjacent to an activating group) is 1. The molecule has 2 aliphatic heterocycles. The number of carbonyl (C=O) groups is 2. The lowest BCUT2D eigenvalue weighted by atomic mass is 9.83. The van der Waals surface area contributed by atoms with Crippen LogP contribution in [0.3, 0.4) is 0 Å². The van der Waals surface area contributed by atoms with Crippen molar-refractivity contribution in [2.24, 2.45) is 0 Å². The molecule has 1 fully saturated rings. The number of anilines is 1. The van der Waals surface area contributed by atoms with Crippen molar-refractivity contribution in [2.75, 3.05) is 18.5 Å². The lowest BCUT2D eigenvalue weighted by Crippen LogP contribution is -2.35. The molecule has 2 aromatic carbocycles. The molecule has 27 heavy (non-hydrogen) atoms. The Labute approximate surface area is 167 Å². The lowest BCUT2D eigenvalue weighted by molar-refractivity contribution is -0.124. The van der Waals surface area contributed by atoms with Crippen molar-refractivity contribution in [1.29, 1.82) is 0 Å². The van der Waals surface area contributed by atoms with Gasteiger partial charge < -0.3 is 10.0 Å². The van der Waals surface area contributed by atoms with E-state index in [1.807, 2.05) is 25.2 Å². The van der Waals surface area contributed by atoms with Crippen molar-refractivity contribution < 1.29 is 14.7 Å². The summed E-state index contributed by atoms with van der Waals surface area (Å²) in [5.41, 5.74) is 3.33. The highest BCUT2D eigenvalue weighted by molar-refractivity contribution is 6.35. The van der Waals surface area contributed by atoms with Crippen LogP contribution in [0.2, 0.25) is 10.0 Å². The number of para-hydroxylation sites is 1. The fourth-order valence-electron chi connectivity index (χ4n) is 3.97. The first kappa shape index (κ1) is 18.4. The van der Waals surface area contributed by atoms with E-state index in [2.05, 4.69) is 4.90 Å². The minimum absolute atomic E-state index is 0.107. The van der Waals surface area contributed by atoms with E-state index in [9.17, 15) is 14.7 Å². The summed E-state index contributed by atoms with van der Waals surface area (Å²) in [5.74, 6) is -1.08. The maximum absolute atomic E-state index is 12.4. The molecular weight excluding hydrogens is 387 g/mol. The van der Waals surface area contributed by atoms with Crippen LogP contribution < -0.4 is 4.90 Å². The van der Waals surface area contributed by atoms with Gasteiger partial charge in [-0.25, -0.2) is 4.90 Å². The summed E-state index contributed by atoms with van der Waals surface area (Å²) in [7, 11) is 2.00. The second-order valence-corrected chi connectivity index (χ2v) is 7.89. The molecule has 140 valence electrons. The molecule has 0 bridgehead atoms. The van der Waals surface area contributed by atoms with Crippen molar-refractivity contribution in [3.8, 4) is 0 Å². The summed E-state index contributed by atoms with van der Waals surface area (Å²) in [5, 5.41) is 11.0. The zero-order valence-electron chi connectivity index (χ0n) is 14.7. The Balaban J connectivity index is 1.87. The van der Waals surface area contributed by atoms with Crippen molar-refractivity contribution >= 4 is 40.7 Å². The lowest BCUT2D eigenvalue weighted by Gasteiger charge is -2.35. The van der Waals surface area contributed by atoms with Crippen molar-refractivity contribution in [1.82, 2.24) is 4.90 Å². The molecule has 2 atom stereocenters. The maximum atomic E-state index is 12.4. The number of halogens is 2. The fourth-order valence-corrected chi connectivity index (χ4v) is 4.54. The van der Waals surface area contributed by atoms with Crippen molar-refractivity contribution in [3.63, 3.8) is 0 Å². The van der Waals surface area contributed by atoms with Crippen LogP contribution in [0.5, 0.6) is 0 Å². The van der Waals surface area contributed by atoms with Crippen LogP contribution in [-0.2, 0) is 16.1 Å². The molecule has 0 radical (unpaired) electrons. The number of fused-ring (bicyclic) bond motifs is 1. The predicted molar refractivity (Wildman–Crippen MR) is 104 cm³/mol. The Bertz CT molecular complexity index is 947. The third-order valence-electron chi connectivity index (χ3n) is 5.17. The van der Waals surface area contributed by atoms with E-state index in [1.54, 1.807) is 18.2 Å². The van der Waals surface area contributed by atoms with Gasteiger partial charge in [0, 0.05) is 29.1 Å². The predicted octanol–water partition coefficient (Wildman–Crippen LogP) is 3.19. The molecule has 0 aliphatic carbocycles. The van der Waals surface area contributed by atoms with Crippen LogP contribution in [0.4, 0.5) is 5.69 Å². The van der Waals surface area contributed by atoms with Gasteiger partial charge in [0.05, 0.1) is 12.1 Å². The van der Waals surface area contributed by atoms with Gasteiger partial charge in [0.1, 0.15) is 6.10 Å². The van der Waals surface area contributed by atoms with Gasteiger partial charge in [0.25, 0.3) is 5.91 Å². The Hall–Kier alpha value is -1.92. The molecule has 2 aliphatic rings. The van der Waals surface area contributed by atoms with Crippen LogP contribution in [0.1, 0.15) is 29.0 Å². The minimum Gasteiger partial charge on any atom is -0.383 e. The van der Waals surface area contributed by atoms with E-state index < -0.39 is 17.9 Å². The Morgan fingerprint density at radius 2 is 1.85 bits per heavy atom. The molecule has 1 N–H and O–H groups in total. The number of carbonyl (C=O) groups excluding carboxylic acids is 2. The van der Waals surface area contributed by atoms with Gasteiger partial charge in [-0.1, -0.05) is 41.4 Å². The molecule has 0 saturated carbocycles. The van der Waals surface area contributed by atoms with E-state index in [0.717, 1.165) is 21.6 Å². The number of aliphatic hydroxyl groups is 1. The number of nitrogens with zero attached hydrogens (tertiary/aromatic N) is 2. The third kappa shape index (κ3) is 3.15. The highest BCUT2D eigenvalue weighted by atomic mass is 35.5. The topological polar surface area (TPSA) is 60.9 Å². The highest BCUT2D eigenvalue weighted by Gasteiger charge is 2.40. The molecule has 2 aromatic rings. The maximum Gasteiger partial charge on any atom is 0.263 e. The second kappa shape index (κ2) is 6.91. The van der Waals surface area contributed by atoms with E-state index in [-0.39, 0.29) is 12.3 Å². The van der Waals surface area contributed by atoms with E-state index in [1.165, 1.54) is 0 Å². The Kier molecular flexibility index (Phi) is 4.72. The summed E-state index contributed by atoms with van der Waals surface area (Å²) in [6, 6.07) is 10.9. The number of imide groups is 1. The number of rotatable bonds is 2. The minimum atomic E-state index is -1.28. The summed E-state index contributed by atoms with van der Waals surface area (Å²) in [6.45, 7) is 1.39. The molecule has 0 aromatic heterocycles. The van der Waals surface area contributed by atoms with Crippen molar-refractivity contribution in [3.05, 3.63) is 63.1 Å². The fraction of sp³-hybridized carbons (Fsp3) is 0.300. The quantitative estimate of drug-likeness (QED) is 0.780. The Morgan fingerprint density at radius 1 is 1.11 bits per heavy atom. The van der Waals surface area contributed by atoms with Gasteiger partial charge in [0.2, 0.25) is 5.91 Å². The normalized spacial score (nSPS) is 23.0. The SMILES string of the molecule is CN1Cc2c(Cl)cc(Cl)cc2[C@H](c2ccccc2N2C(=O)C[C@@H](O)C2=O)C1. The molecule has 5 nitrogen and oxygen atoms in total. The second-order valence-electron chi connectivity index (χ2n) is 7.05. The molecule has 2 amide bonds. The first-order chi connectivity index (χ1) is 12.9. The summed E-state index contributed by atoms with van der Waals surface area (Å²) >= 11 is 12.7. The first-order valence-electron chi connectivity index (χ1n) is 8.67. The van der Waals surface area contributed by atoms with Crippen LogP contribution in [0.15, 0.2) is 36.4 Å². The van der Waals surface area contributed by atoms with Gasteiger partial charge in [-0.2, -0.15) is 0 Å². The van der Waals surface area contributed by atoms with Gasteiger partial charge in [-0.15, -0.1) is 0 Å². The largest absolute Gasteiger partial charge is 0.383 e. The average molecular weight is 405 g/mol. The van der Waals surface area contributed by atoms with Crippen LogP contribution in [0.25, 0.3) is 0 Å². The zero-order chi connectivity index (χ0) is 19.3. The summed E-state index contributed by atoms with van der Waals surface area (Å²) in [4.78, 5) is 28.0. The van der Waals surface area contributed by atoms with E-state index in [4.69, 9.17) is 23.2 Å². The van der Waals surface area contributed by atoms with Crippen LogP contribution in [-0.4, -0.2) is 41.5 Å². The van der Waals surface area contributed by atoms with Gasteiger partial charge in [-0.05, 0) is 41.9 Å². The monoisotopic (exact) mass is 404 g/mol. The van der Waals surface area contributed by atoms with Crippen LogP contribution >= 0.6 is 23.2 Å². The van der Waals surface area contributed by atoms with Crippen LogP contribution in [0, 0.1) is 0 Å². The first-order valence-corrected chi connectivity index (χ1v) is 9.42. The summed E-state index contributed by atoms with van der Waals surface area (Å²) in [6.07, 6.45) is -1.47. The zero-order valence-corrected chi connectivity index (χ0v) is 16.2. The molecule has 7 heteroatoms.